The number of hydrogen-bond acceptors (Lipinski definition) is 10. The number of rotatable bonds is 13. The van der Waals surface area contributed by atoms with Gasteiger partial charge >= 0.3 is 10.3 Å². The summed E-state index contributed by atoms with van der Waals surface area (Å²) < 4.78 is 29.3. The Kier molecular flexibility index (Phi) is 9.73. The van der Waals surface area contributed by atoms with Crippen LogP contribution in [-0.4, -0.2) is 63.4 Å². The van der Waals surface area contributed by atoms with Crippen molar-refractivity contribution in [2.45, 2.75) is 45.4 Å². The predicted molar refractivity (Wildman–Crippen MR) is 144 cm³/mol. The molecule has 0 saturated heterocycles. The van der Waals surface area contributed by atoms with Gasteiger partial charge in [-0.1, -0.05) is 35.0 Å². The number of nitrogens with one attached hydrogen (secondary N) is 1. The minimum atomic E-state index is -4.14. The van der Waals surface area contributed by atoms with E-state index in [4.69, 9.17) is 5.14 Å². The first-order valence-corrected chi connectivity index (χ1v) is 14.0. The molecule has 0 aliphatic heterocycles. The molecule has 0 radical (unpaired) electrons. The second kappa shape index (κ2) is 12.4. The maximum Gasteiger partial charge on any atom is 0.333 e. The van der Waals surface area contributed by atoms with Crippen molar-refractivity contribution in [3.05, 3.63) is 69.8 Å². The van der Waals surface area contributed by atoms with Gasteiger partial charge in [-0.3, -0.25) is 13.7 Å². The van der Waals surface area contributed by atoms with E-state index in [0.29, 0.717) is 18.7 Å². The zero-order valence-electron chi connectivity index (χ0n) is 21.2. The molecule has 2 aromatic heterocycles. The van der Waals surface area contributed by atoms with Crippen LogP contribution in [0.25, 0.3) is 0 Å². The summed E-state index contributed by atoms with van der Waals surface area (Å²) in [7, 11) is -4.14. The number of nitrogens with zero attached hydrogens (tertiary/aromatic N) is 4. The van der Waals surface area contributed by atoms with E-state index in [-0.39, 0.29) is 30.2 Å². The van der Waals surface area contributed by atoms with Crippen molar-refractivity contribution in [1.82, 2.24) is 19.7 Å². The van der Waals surface area contributed by atoms with Gasteiger partial charge in [0.25, 0.3) is 0 Å². The van der Waals surface area contributed by atoms with E-state index in [9.17, 15) is 23.4 Å². The molecule has 3 aromatic rings. The number of carbonyl (C=O) groups is 1. The zero-order chi connectivity index (χ0) is 28.1. The Bertz CT molecular complexity index is 1370. The standard InChI is InChI=1S/C24H31BrN6O6S/c1-4-16(13-37-38(26,35)36)20(32)11-28-23-18(10-27-14-29-23)22(33)19-9-21(24(2,3)34)31(30-19)12-15-6-5-7-17(25)8-15/h5-10,14,16,20,32,34H,4,11-13H2,1-3H3,(H2,26,35,36)(H,27,28,29)/t16-,20+/m1/s1. The van der Waals surface area contributed by atoms with Gasteiger partial charge in [-0.25, -0.2) is 15.1 Å². The Hall–Kier alpha value is -2.75. The topological polar surface area (TPSA) is 183 Å². The zero-order valence-corrected chi connectivity index (χ0v) is 23.6. The van der Waals surface area contributed by atoms with Crippen molar-refractivity contribution in [2.24, 2.45) is 11.1 Å². The largest absolute Gasteiger partial charge is 0.391 e. The summed E-state index contributed by atoms with van der Waals surface area (Å²) in [4.78, 5) is 21.6. The van der Waals surface area contributed by atoms with Crippen molar-refractivity contribution in [1.29, 1.82) is 0 Å². The first-order chi connectivity index (χ1) is 17.8. The number of carbonyl (C=O) groups excluding carboxylic acids is 1. The summed E-state index contributed by atoms with van der Waals surface area (Å²) in [6.45, 7) is 4.98. The van der Waals surface area contributed by atoms with Crippen molar-refractivity contribution in [3.8, 4) is 0 Å². The summed E-state index contributed by atoms with van der Waals surface area (Å²) in [5.41, 5.74) is 0.294. The van der Waals surface area contributed by atoms with Gasteiger partial charge in [0.1, 0.15) is 23.4 Å². The Morgan fingerprint density at radius 1 is 1.32 bits per heavy atom. The molecule has 0 fully saturated rings. The molecular weight excluding hydrogens is 580 g/mol. The lowest BCUT2D eigenvalue weighted by Crippen LogP contribution is -2.33. The number of aromatic nitrogens is 4. The molecule has 2 heterocycles. The second-order valence-corrected chi connectivity index (χ2v) is 11.4. The molecule has 1 aromatic carbocycles. The first-order valence-electron chi connectivity index (χ1n) is 11.8. The highest BCUT2D eigenvalue weighted by atomic mass is 79.9. The number of anilines is 1. The van der Waals surface area contributed by atoms with Crippen LogP contribution in [0.5, 0.6) is 0 Å². The lowest BCUT2D eigenvalue weighted by Gasteiger charge is -2.21. The minimum absolute atomic E-state index is 0.0456. The van der Waals surface area contributed by atoms with E-state index < -0.39 is 33.7 Å². The van der Waals surface area contributed by atoms with Crippen LogP contribution >= 0.6 is 15.9 Å². The van der Waals surface area contributed by atoms with Gasteiger partial charge in [0.15, 0.2) is 0 Å². The molecule has 0 aliphatic rings. The van der Waals surface area contributed by atoms with Crippen LogP contribution in [-0.2, 0) is 26.6 Å². The maximum atomic E-state index is 13.5. The maximum absolute atomic E-state index is 13.5. The number of aliphatic hydroxyl groups is 2. The van der Waals surface area contributed by atoms with E-state index in [1.165, 1.54) is 18.6 Å². The smallest absolute Gasteiger partial charge is 0.333 e. The van der Waals surface area contributed by atoms with Crippen molar-refractivity contribution < 1.29 is 27.6 Å². The Balaban J connectivity index is 1.83. The Morgan fingerprint density at radius 3 is 2.68 bits per heavy atom. The van der Waals surface area contributed by atoms with Crippen molar-refractivity contribution in [3.63, 3.8) is 0 Å². The molecule has 206 valence electrons. The van der Waals surface area contributed by atoms with Crippen LogP contribution in [0.4, 0.5) is 5.82 Å². The predicted octanol–water partition coefficient (Wildman–Crippen LogP) is 1.96. The fourth-order valence-corrected chi connectivity index (χ4v) is 4.59. The number of ketones is 1. The molecule has 38 heavy (non-hydrogen) atoms. The summed E-state index contributed by atoms with van der Waals surface area (Å²) >= 11 is 3.44. The molecule has 0 amide bonds. The number of aliphatic hydroxyl groups excluding tert-OH is 1. The fourth-order valence-electron chi connectivity index (χ4n) is 3.77. The quantitative estimate of drug-likeness (QED) is 0.209. The number of hydrogen-bond donors (Lipinski definition) is 4. The van der Waals surface area contributed by atoms with E-state index in [1.54, 1.807) is 25.5 Å². The van der Waals surface area contributed by atoms with Crippen LogP contribution in [0, 0.1) is 5.92 Å². The van der Waals surface area contributed by atoms with E-state index >= 15 is 0 Å². The molecule has 14 heteroatoms. The third kappa shape index (κ3) is 8.12. The Labute approximate surface area is 229 Å². The van der Waals surface area contributed by atoms with Gasteiger partial charge in [0.2, 0.25) is 5.78 Å². The third-order valence-electron chi connectivity index (χ3n) is 5.81. The van der Waals surface area contributed by atoms with Crippen LogP contribution in [0.2, 0.25) is 0 Å². The molecular formula is C24H31BrN6O6S. The fraction of sp³-hybridized carbons (Fsp3) is 0.417. The lowest BCUT2D eigenvalue weighted by molar-refractivity contribution is 0.0688. The van der Waals surface area contributed by atoms with Gasteiger partial charge in [0, 0.05) is 23.1 Å². The van der Waals surface area contributed by atoms with Crippen LogP contribution < -0.4 is 10.5 Å². The minimum Gasteiger partial charge on any atom is -0.391 e. The second-order valence-electron chi connectivity index (χ2n) is 9.27. The molecule has 0 saturated carbocycles. The number of benzene rings is 1. The number of halogens is 1. The summed E-state index contributed by atoms with van der Waals surface area (Å²) in [6.07, 6.45) is 1.98. The SMILES string of the molecule is CC[C@H](COS(N)(=O)=O)[C@@H](O)CNc1ncncc1C(=O)c1cc(C(C)(C)O)n(Cc2cccc(Br)c2)n1. The monoisotopic (exact) mass is 610 g/mol. The molecule has 0 aliphatic carbocycles. The summed E-state index contributed by atoms with van der Waals surface area (Å²) in [5.74, 6) is -0.854. The van der Waals surface area contributed by atoms with Crippen LogP contribution in [0.15, 0.2) is 47.3 Å². The van der Waals surface area contributed by atoms with E-state index in [0.717, 1.165) is 10.0 Å². The highest BCUT2D eigenvalue weighted by Gasteiger charge is 2.27. The van der Waals surface area contributed by atoms with E-state index in [1.807, 2.05) is 24.3 Å². The van der Waals surface area contributed by atoms with Gasteiger partial charge < -0.3 is 15.5 Å². The lowest BCUT2D eigenvalue weighted by atomic mass is 10.0. The van der Waals surface area contributed by atoms with E-state index in [2.05, 4.69) is 40.5 Å². The van der Waals surface area contributed by atoms with Gasteiger partial charge in [-0.2, -0.15) is 13.5 Å². The highest BCUT2D eigenvalue weighted by Crippen LogP contribution is 2.25. The summed E-state index contributed by atoms with van der Waals surface area (Å²) in [5, 5.41) is 33.6. The molecule has 3 rings (SSSR count). The molecule has 12 nitrogen and oxygen atoms in total. The normalized spacial score (nSPS) is 13.8. The van der Waals surface area contributed by atoms with Gasteiger partial charge in [-0.15, -0.1) is 0 Å². The van der Waals surface area contributed by atoms with Gasteiger partial charge in [0.05, 0.1) is 30.5 Å². The van der Waals surface area contributed by atoms with Crippen LogP contribution in [0.1, 0.15) is 54.5 Å². The Morgan fingerprint density at radius 2 is 2.05 bits per heavy atom. The third-order valence-corrected chi connectivity index (χ3v) is 6.77. The molecule has 0 unspecified atom stereocenters. The number of nitrogens with two attached hydrogens (primary N) is 1. The van der Waals surface area contributed by atoms with Gasteiger partial charge in [-0.05, 0) is 44.0 Å². The first kappa shape index (κ1) is 29.8. The van der Waals surface area contributed by atoms with Crippen molar-refractivity contribution >= 4 is 37.8 Å². The molecule has 0 spiro atoms. The highest BCUT2D eigenvalue weighted by molar-refractivity contribution is 9.10. The van der Waals surface area contributed by atoms with Crippen molar-refractivity contribution in [2.75, 3.05) is 18.5 Å². The molecule has 2 atom stereocenters. The molecule has 5 N–H and O–H groups in total. The average molecular weight is 612 g/mol. The summed E-state index contributed by atoms with van der Waals surface area (Å²) in [6, 6.07) is 9.15. The molecule has 0 bridgehead atoms. The average Bonchev–Trinajstić information content (AvgIpc) is 3.26. The van der Waals surface area contributed by atoms with Crippen LogP contribution in [0.3, 0.4) is 0 Å².